The number of nitrogens with one attached hydrogen (secondary N) is 2. The fourth-order valence-corrected chi connectivity index (χ4v) is 3.43. The molecule has 3 rings (SSSR count). The van der Waals surface area contributed by atoms with Gasteiger partial charge in [0.2, 0.25) is 11.8 Å². The van der Waals surface area contributed by atoms with E-state index in [1.807, 2.05) is 12.1 Å². The third-order valence-electron chi connectivity index (χ3n) is 4.75. The molecule has 1 saturated heterocycles. The number of likely N-dealkylation sites (N-methyl/N-ethyl adjacent to an activating group) is 1. The van der Waals surface area contributed by atoms with Crippen LogP contribution in [0.4, 0.5) is 0 Å². The predicted octanol–water partition coefficient (Wildman–Crippen LogP) is 1.04. The predicted molar refractivity (Wildman–Crippen MR) is 101 cm³/mol. The van der Waals surface area contributed by atoms with E-state index in [2.05, 4.69) is 20.5 Å². The summed E-state index contributed by atoms with van der Waals surface area (Å²) in [6.45, 7) is 2.07. The van der Waals surface area contributed by atoms with Crippen molar-refractivity contribution in [1.82, 2.24) is 20.5 Å². The molecule has 2 N–H and O–H groups in total. The number of likely N-dealkylation sites (tertiary alicyclic amines) is 1. The van der Waals surface area contributed by atoms with Gasteiger partial charge in [-0.3, -0.25) is 19.5 Å². The first-order valence-corrected chi connectivity index (χ1v) is 8.27. The Bertz CT molecular complexity index is 569. The number of carbonyl (C=O) groups is 2. The third kappa shape index (κ3) is 6.13. The minimum Gasteiger partial charge on any atom is -0.358 e. The first kappa shape index (κ1) is 21.7. The van der Waals surface area contributed by atoms with Crippen LogP contribution < -0.4 is 10.6 Å². The number of nitrogens with zero attached hydrogens (tertiary/aromatic N) is 2. The molecule has 2 aliphatic rings. The maximum Gasteiger partial charge on any atom is 0.233 e. The van der Waals surface area contributed by atoms with Crippen LogP contribution in [-0.4, -0.2) is 54.4 Å². The molecule has 2 amide bonds. The van der Waals surface area contributed by atoms with Gasteiger partial charge in [0, 0.05) is 38.6 Å². The second-order valence-corrected chi connectivity index (χ2v) is 6.58. The number of hydrogen-bond acceptors (Lipinski definition) is 4. The quantitative estimate of drug-likeness (QED) is 0.763. The molecule has 0 radical (unpaired) electrons. The minimum atomic E-state index is 0. The molecule has 0 aromatic carbocycles. The van der Waals surface area contributed by atoms with Crippen LogP contribution in [0.15, 0.2) is 24.5 Å². The highest BCUT2D eigenvalue weighted by atomic mass is 35.5. The highest BCUT2D eigenvalue weighted by Crippen LogP contribution is 2.41. The maximum atomic E-state index is 12.3. The van der Waals surface area contributed by atoms with Crippen molar-refractivity contribution >= 4 is 36.6 Å². The van der Waals surface area contributed by atoms with Crippen LogP contribution >= 0.6 is 24.8 Å². The van der Waals surface area contributed by atoms with Gasteiger partial charge in [0.15, 0.2) is 0 Å². The summed E-state index contributed by atoms with van der Waals surface area (Å²) < 4.78 is 0. The molecule has 1 saturated carbocycles. The van der Waals surface area contributed by atoms with E-state index in [-0.39, 0.29) is 42.7 Å². The lowest BCUT2D eigenvalue weighted by molar-refractivity contribution is -0.121. The van der Waals surface area contributed by atoms with E-state index in [1.54, 1.807) is 19.4 Å². The maximum absolute atomic E-state index is 12.3. The molecule has 2 atom stereocenters. The smallest absolute Gasteiger partial charge is 0.233 e. The summed E-state index contributed by atoms with van der Waals surface area (Å²) in [5, 5.41) is 5.84. The first-order valence-electron chi connectivity index (χ1n) is 8.27. The van der Waals surface area contributed by atoms with Crippen LogP contribution in [0.5, 0.6) is 0 Å². The SMILES string of the molecule is CNC(=O)CN1C[C@H](NC(=O)Cc2cccnc2)[C@@H](C2CC2)C1.Cl.Cl. The average molecular weight is 389 g/mol. The Balaban J connectivity index is 0.00000156. The largest absolute Gasteiger partial charge is 0.358 e. The Kier molecular flexibility index (Phi) is 8.62. The third-order valence-corrected chi connectivity index (χ3v) is 4.75. The van der Waals surface area contributed by atoms with Gasteiger partial charge in [-0.25, -0.2) is 0 Å². The number of rotatable bonds is 6. The molecular weight excluding hydrogens is 363 g/mol. The molecule has 1 aliphatic carbocycles. The molecule has 0 unspecified atom stereocenters. The van der Waals surface area contributed by atoms with Gasteiger partial charge in [-0.2, -0.15) is 0 Å². The van der Waals surface area contributed by atoms with Crippen LogP contribution in [0.2, 0.25) is 0 Å². The van der Waals surface area contributed by atoms with E-state index >= 15 is 0 Å². The van der Waals surface area contributed by atoms with Gasteiger partial charge in [0.25, 0.3) is 0 Å². The average Bonchev–Trinajstić information content (AvgIpc) is 3.31. The van der Waals surface area contributed by atoms with Crippen molar-refractivity contribution in [2.24, 2.45) is 11.8 Å². The lowest BCUT2D eigenvalue weighted by Gasteiger charge is -2.19. The lowest BCUT2D eigenvalue weighted by atomic mass is 9.98. The van der Waals surface area contributed by atoms with Crippen LogP contribution in [-0.2, 0) is 16.0 Å². The Labute approximate surface area is 161 Å². The molecule has 0 spiro atoms. The van der Waals surface area contributed by atoms with Crippen molar-refractivity contribution < 1.29 is 9.59 Å². The van der Waals surface area contributed by atoms with E-state index in [9.17, 15) is 9.59 Å². The van der Waals surface area contributed by atoms with Crippen molar-refractivity contribution in [3.8, 4) is 0 Å². The molecule has 1 aromatic rings. The van der Waals surface area contributed by atoms with Gasteiger partial charge in [0.1, 0.15) is 0 Å². The Morgan fingerprint density at radius 3 is 2.60 bits per heavy atom. The van der Waals surface area contributed by atoms with Gasteiger partial charge in [-0.1, -0.05) is 6.07 Å². The second kappa shape index (κ2) is 9.94. The molecule has 0 bridgehead atoms. The van der Waals surface area contributed by atoms with E-state index < -0.39 is 0 Å². The summed E-state index contributed by atoms with van der Waals surface area (Å²) in [7, 11) is 1.66. The fourth-order valence-electron chi connectivity index (χ4n) is 3.43. The van der Waals surface area contributed by atoms with E-state index in [1.165, 1.54) is 12.8 Å². The van der Waals surface area contributed by atoms with Crippen molar-refractivity contribution in [1.29, 1.82) is 0 Å². The number of aromatic nitrogens is 1. The van der Waals surface area contributed by atoms with Gasteiger partial charge >= 0.3 is 0 Å². The van der Waals surface area contributed by atoms with Crippen molar-refractivity contribution in [3.63, 3.8) is 0 Å². The van der Waals surface area contributed by atoms with Gasteiger partial charge in [-0.15, -0.1) is 24.8 Å². The topological polar surface area (TPSA) is 74.3 Å². The zero-order valence-corrected chi connectivity index (χ0v) is 15.9. The summed E-state index contributed by atoms with van der Waals surface area (Å²) in [6, 6.07) is 3.91. The summed E-state index contributed by atoms with van der Waals surface area (Å²) in [5.74, 6) is 1.24. The number of amides is 2. The monoisotopic (exact) mass is 388 g/mol. The highest BCUT2D eigenvalue weighted by molar-refractivity contribution is 5.85. The zero-order valence-electron chi connectivity index (χ0n) is 14.3. The molecular formula is C17H26Cl2N4O2. The number of carbonyl (C=O) groups excluding carboxylic acids is 2. The Morgan fingerprint density at radius 1 is 1.24 bits per heavy atom. The molecule has 2 fully saturated rings. The summed E-state index contributed by atoms with van der Waals surface area (Å²) >= 11 is 0. The molecule has 2 heterocycles. The van der Waals surface area contributed by atoms with Crippen molar-refractivity contribution in [2.75, 3.05) is 26.7 Å². The minimum absolute atomic E-state index is 0. The van der Waals surface area contributed by atoms with Crippen LogP contribution in [0.3, 0.4) is 0 Å². The molecule has 1 aliphatic heterocycles. The van der Waals surface area contributed by atoms with Crippen LogP contribution in [0, 0.1) is 11.8 Å². The molecule has 8 heteroatoms. The second-order valence-electron chi connectivity index (χ2n) is 6.58. The van der Waals surface area contributed by atoms with E-state index in [0.29, 0.717) is 24.8 Å². The standard InChI is InChI=1S/C17H24N4O2.2ClH/c1-18-17(23)11-21-9-14(13-4-5-13)15(10-21)20-16(22)7-12-3-2-6-19-8-12;;/h2-3,6,8,13-15H,4-5,7,9-11H2,1H3,(H,18,23)(H,20,22);2*1H/t14-,15+;;/m1../s1. The normalized spacial score (nSPS) is 22.4. The first-order chi connectivity index (χ1) is 11.2. The summed E-state index contributed by atoms with van der Waals surface area (Å²) in [6.07, 6.45) is 6.28. The van der Waals surface area contributed by atoms with Crippen molar-refractivity contribution in [3.05, 3.63) is 30.1 Å². The number of halogens is 2. The van der Waals surface area contributed by atoms with Crippen LogP contribution in [0.25, 0.3) is 0 Å². The summed E-state index contributed by atoms with van der Waals surface area (Å²) in [4.78, 5) is 30.1. The zero-order chi connectivity index (χ0) is 16.2. The molecule has 140 valence electrons. The van der Waals surface area contributed by atoms with E-state index in [0.717, 1.165) is 18.7 Å². The highest BCUT2D eigenvalue weighted by Gasteiger charge is 2.43. The Hall–Kier alpha value is -1.37. The number of hydrogen-bond donors (Lipinski definition) is 2. The summed E-state index contributed by atoms with van der Waals surface area (Å²) in [5.41, 5.74) is 0.924. The molecule has 6 nitrogen and oxygen atoms in total. The van der Waals surface area contributed by atoms with E-state index in [4.69, 9.17) is 0 Å². The fraction of sp³-hybridized carbons (Fsp3) is 0.588. The van der Waals surface area contributed by atoms with Gasteiger partial charge in [0.05, 0.1) is 13.0 Å². The van der Waals surface area contributed by atoms with Gasteiger partial charge in [-0.05, 0) is 36.3 Å². The number of pyridine rings is 1. The van der Waals surface area contributed by atoms with Crippen LogP contribution in [0.1, 0.15) is 18.4 Å². The van der Waals surface area contributed by atoms with Gasteiger partial charge < -0.3 is 10.6 Å². The molecule has 1 aromatic heterocycles. The van der Waals surface area contributed by atoms with Crippen molar-refractivity contribution in [2.45, 2.75) is 25.3 Å². The molecule has 25 heavy (non-hydrogen) atoms. The lowest BCUT2D eigenvalue weighted by Crippen LogP contribution is -2.42. The Morgan fingerprint density at radius 2 is 2.00 bits per heavy atom.